The second-order valence-electron chi connectivity index (χ2n) is 8.77. The molecule has 7 N–H and O–H groups in total. The van der Waals surface area contributed by atoms with E-state index in [0.717, 1.165) is 5.56 Å². The summed E-state index contributed by atoms with van der Waals surface area (Å²) in [7, 11) is 1.46. The molecule has 0 saturated carbocycles. The lowest BCUT2D eigenvalue weighted by atomic mass is 10.0. The number of alkyl halides is 1. The lowest BCUT2D eigenvalue weighted by Gasteiger charge is -2.25. The van der Waals surface area contributed by atoms with Gasteiger partial charge in [-0.05, 0) is 38.3 Å². The van der Waals surface area contributed by atoms with Crippen molar-refractivity contribution in [3.8, 4) is 0 Å². The Morgan fingerprint density at radius 3 is 2.24 bits per heavy atom. The van der Waals surface area contributed by atoms with Gasteiger partial charge >= 0.3 is 6.03 Å². The average Bonchev–Trinajstić information content (AvgIpc) is 2.90. The van der Waals surface area contributed by atoms with Crippen molar-refractivity contribution in [1.29, 1.82) is 0 Å². The Hall–Kier alpha value is -3.29. The van der Waals surface area contributed by atoms with E-state index in [1.54, 1.807) is 0 Å². The number of hydrogen-bond donors (Lipinski definition) is 5. The summed E-state index contributed by atoms with van der Waals surface area (Å²) >= 11 is 5.57. The first-order chi connectivity index (χ1) is 18.1. The minimum Gasteiger partial charge on any atom is -0.353 e. The number of rotatable bonds is 17. The normalized spacial score (nSPS) is 13.0. The highest BCUT2D eigenvalue weighted by molar-refractivity contribution is 6.18. The first-order valence-corrected chi connectivity index (χ1v) is 13.0. The van der Waals surface area contributed by atoms with E-state index in [4.69, 9.17) is 23.1 Å². The van der Waals surface area contributed by atoms with Crippen LogP contribution in [0.5, 0.6) is 0 Å². The van der Waals surface area contributed by atoms with Crippen LogP contribution in [0.4, 0.5) is 4.79 Å². The van der Waals surface area contributed by atoms with E-state index in [1.165, 1.54) is 18.9 Å². The molecular formula is C24H39ClN8O5. The van der Waals surface area contributed by atoms with Crippen LogP contribution in [0.15, 0.2) is 35.6 Å². The molecule has 0 fully saturated rings. The molecule has 38 heavy (non-hydrogen) atoms. The highest BCUT2D eigenvalue weighted by atomic mass is 35.5. The fourth-order valence-corrected chi connectivity index (χ4v) is 3.57. The van der Waals surface area contributed by atoms with Gasteiger partial charge < -0.3 is 32.3 Å². The Morgan fingerprint density at radius 2 is 1.66 bits per heavy atom. The molecule has 212 valence electrons. The zero-order valence-corrected chi connectivity index (χ0v) is 22.7. The first-order valence-electron chi connectivity index (χ1n) is 12.4. The van der Waals surface area contributed by atoms with Crippen molar-refractivity contribution in [2.45, 2.75) is 50.7 Å². The number of nitrogens with one attached hydrogen (secondary N) is 3. The quantitative estimate of drug-likeness (QED) is 0.0777. The molecule has 0 radical (unpaired) electrons. The summed E-state index contributed by atoms with van der Waals surface area (Å²) in [6, 6.07) is 5.82. The van der Waals surface area contributed by atoms with Crippen molar-refractivity contribution in [2.75, 3.05) is 39.1 Å². The number of urea groups is 1. The molecule has 0 aromatic heterocycles. The van der Waals surface area contributed by atoms with Gasteiger partial charge in [-0.15, -0.1) is 16.5 Å². The molecule has 1 aromatic carbocycles. The Kier molecular flexibility index (Phi) is 15.5. The van der Waals surface area contributed by atoms with Gasteiger partial charge in [-0.2, -0.15) is 5.01 Å². The number of carbonyl (C=O) groups is 4. The maximum absolute atomic E-state index is 13.2. The number of nitrogens with zero attached hydrogens (tertiary/aromatic N) is 3. The molecule has 5 amide bonds. The Labute approximate surface area is 227 Å². The van der Waals surface area contributed by atoms with Crippen LogP contribution < -0.4 is 27.4 Å². The highest BCUT2D eigenvalue weighted by Gasteiger charge is 2.28. The SMILES string of the molecule is C[C@@H](N)C(=O)N[C@@H](Cc1ccccc1)C(=O)N[C@@H](CCCCN)C(=O)NCCN(C)C(=O)N(CCCl)N=O. The lowest BCUT2D eigenvalue weighted by molar-refractivity contribution is -0.132. The van der Waals surface area contributed by atoms with Gasteiger partial charge in [-0.1, -0.05) is 30.3 Å². The monoisotopic (exact) mass is 554 g/mol. The van der Waals surface area contributed by atoms with Crippen molar-refractivity contribution >= 4 is 35.4 Å². The molecule has 0 aliphatic rings. The fourth-order valence-electron chi connectivity index (χ4n) is 3.41. The number of nitrogens with two attached hydrogens (primary N) is 2. The molecule has 0 heterocycles. The van der Waals surface area contributed by atoms with E-state index >= 15 is 0 Å². The standard InChI is InChI=1S/C24H39ClN8O5/c1-17(27)21(34)30-20(16-18-8-4-3-5-9-18)23(36)29-19(10-6-7-12-26)22(35)28-13-15-32(2)24(37)33(31-38)14-11-25/h3-5,8-9,17,19-20H,6-7,10-16,26-27H2,1-2H3,(H,28,35)(H,29,36)(H,30,34)/t17-,19+,20+/m1/s1. The van der Waals surface area contributed by atoms with Crippen molar-refractivity contribution in [3.63, 3.8) is 0 Å². The molecule has 1 aromatic rings. The summed E-state index contributed by atoms with van der Waals surface area (Å²) in [5, 5.41) is 11.4. The van der Waals surface area contributed by atoms with Crippen molar-refractivity contribution < 1.29 is 19.2 Å². The summed E-state index contributed by atoms with van der Waals surface area (Å²) in [5.74, 6) is -1.44. The van der Waals surface area contributed by atoms with Gasteiger partial charge in [0.2, 0.25) is 17.7 Å². The maximum atomic E-state index is 13.2. The summed E-state index contributed by atoms with van der Waals surface area (Å²) in [4.78, 5) is 62.7. The van der Waals surface area contributed by atoms with Crippen LogP contribution in [-0.4, -0.2) is 90.9 Å². The molecule has 0 bridgehead atoms. The third-order valence-corrected chi connectivity index (χ3v) is 5.77. The van der Waals surface area contributed by atoms with Gasteiger partial charge in [0, 0.05) is 32.4 Å². The van der Waals surface area contributed by atoms with E-state index in [1.807, 2.05) is 30.3 Å². The van der Waals surface area contributed by atoms with E-state index in [9.17, 15) is 24.1 Å². The van der Waals surface area contributed by atoms with Crippen LogP contribution in [0.25, 0.3) is 0 Å². The number of hydrogen-bond acceptors (Lipinski definition) is 8. The highest BCUT2D eigenvalue weighted by Crippen LogP contribution is 2.07. The summed E-state index contributed by atoms with van der Waals surface area (Å²) in [6.45, 7) is 2.05. The molecule has 3 atom stereocenters. The zero-order chi connectivity index (χ0) is 28.5. The van der Waals surface area contributed by atoms with E-state index in [-0.39, 0.29) is 31.9 Å². The number of nitroso groups, excluding NO2 is 1. The number of halogens is 1. The predicted molar refractivity (Wildman–Crippen MR) is 145 cm³/mol. The summed E-state index contributed by atoms with van der Waals surface area (Å²) < 4.78 is 0. The lowest BCUT2D eigenvalue weighted by Crippen LogP contribution is -2.56. The van der Waals surface area contributed by atoms with Crippen LogP contribution in [0.2, 0.25) is 0 Å². The number of benzene rings is 1. The van der Waals surface area contributed by atoms with Gasteiger partial charge in [0.1, 0.15) is 12.1 Å². The molecule has 0 aliphatic heterocycles. The second-order valence-corrected chi connectivity index (χ2v) is 9.15. The molecule has 13 nitrogen and oxygen atoms in total. The van der Waals surface area contributed by atoms with Gasteiger partial charge in [-0.3, -0.25) is 14.4 Å². The molecule has 0 aliphatic carbocycles. The Bertz CT molecular complexity index is 905. The fraction of sp³-hybridized carbons (Fsp3) is 0.583. The van der Waals surface area contributed by atoms with Gasteiger partial charge in [0.05, 0.1) is 17.9 Å². The predicted octanol–water partition coefficient (Wildman–Crippen LogP) is 0.0651. The van der Waals surface area contributed by atoms with Crippen molar-refractivity contribution in [3.05, 3.63) is 40.8 Å². The molecule has 14 heteroatoms. The topological polar surface area (TPSA) is 192 Å². The van der Waals surface area contributed by atoms with Gasteiger partial charge in [-0.25, -0.2) is 4.79 Å². The summed E-state index contributed by atoms with van der Waals surface area (Å²) in [5.41, 5.74) is 12.1. The second kappa shape index (κ2) is 18.0. The average molecular weight is 555 g/mol. The third kappa shape index (κ3) is 11.8. The first kappa shape index (κ1) is 32.7. The number of amides is 5. The van der Waals surface area contributed by atoms with Crippen molar-refractivity contribution in [1.82, 2.24) is 25.9 Å². The molecule has 0 unspecified atom stereocenters. The minimum absolute atomic E-state index is 0.0422. The zero-order valence-electron chi connectivity index (χ0n) is 21.9. The van der Waals surface area contributed by atoms with E-state index < -0.39 is 41.9 Å². The van der Waals surface area contributed by atoms with Crippen molar-refractivity contribution in [2.24, 2.45) is 16.8 Å². The maximum Gasteiger partial charge on any atom is 0.342 e. The Morgan fingerprint density at radius 1 is 1.00 bits per heavy atom. The molecular weight excluding hydrogens is 516 g/mol. The van der Waals surface area contributed by atoms with Gasteiger partial charge in [0.25, 0.3) is 0 Å². The van der Waals surface area contributed by atoms with E-state index in [2.05, 4.69) is 21.2 Å². The molecule has 0 spiro atoms. The number of likely N-dealkylation sites (N-methyl/N-ethyl adjacent to an activating group) is 1. The molecule has 1 rings (SSSR count). The van der Waals surface area contributed by atoms with Crippen LogP contribution in [0, 0.1) is 4.91 Å². The smallest absolute Gasteiger partial charge is 0.342 e. The number of carbonyl (C=O) groups excluding carboxylic acids is 4. The van der Waals surface area contributed by atoms with Crippen LogP contribution in [-0.2, 0) is 20.8 Å². The Balaban J connectivity index is 2.87. The van der Waals surface area contributed by atoms with Crippen LogP contribution >= 0.6 is 11.6 Å². The number of unbranched alkanes of at least 4 members (excludes halogenated alkanes) is 1. The van der Waals surface area contributed by atoms with Crippen LogP contribution in [0.3, 0.4) is 0 Å². The third-order valence-electron chi connectivity index (χ3n) is 5.60. The van der Waals surface area contributed by atoms with E-state index in [0.29, 0.717) is 30.8 Å². The minimum atomic E-state index is -0.951. The molecule has 0 saturated heterocycles. The largest absolute Gasteiger partial charge is 0.353 e. The van der Waals surface area contributed by atoms with Gasteiger partial charge in [0.15, 0.2) is 0 Å². The summed E-state index contributed by atoms with van der Waals surface area (Å²) in [6.07, 6.45) is 1.77. The van der Waals surface area contributed by atoms with Crippen LogP contribution in [0.1, 0.15) is 31.7 Å².